The number of aliphatic hydroxyl groups is 1. The van der Waals surface area contributed by atoms with Crippen molar-refractivity contribution in [3.05, 3.63) is 0 Å². The molecule has 5 nitrogen and oxygen atoms in total. The zero-order valence-electron chi connectivity index (χ0n) is 13.7. The highest BCUT2D eigenvalue weighted by atomic mass is 35.5. The van der Waals surface area contributed by atoms with E-state index in [0.717, 1.165) is 19.4 Å². The number of halogens is 1. The van der Waals surface area contributed by atoms with Crippen LogP contribution in [0.15, 0.2) is 0 Å². The van der Waals surface area contributed by atoms with E-state index in [2.05, 4.69) is 17.6 Å². The van der Waals surface area contributed by atoms with Crippen molar-refractivity contribution in [3.8, 4) is 0 Å². The number of nitrogens with one attached hydrogen (secondary N) is 2. The first-order valence-electron chi connectivity index (χ1n) is 8.42. The number of amides is 1. The van der Waals surface area contributed by atoms with Crippen LogP contribution in [0.25, 0.3) is 0 Å². The van der Waals surface area contributed by atoms with Gasteiger partial charge < -0.3 is 20.5 Å². The molecule has 2 fully saturated rings. The first-order chi connectivity index (χ1) is 10.1. The van der Waals surface area contributed by atoms with Gasteiger partial charge in [-0.3, -0.25) is 4.79 Å². The van der Waals surface area contributed by atoms with Crippen LogP contribution in [0.1, 0.15) is 46.0 Å². The van der Waals surface area contributed by atoms with Crippen LogP contribution < -0.4 is 10.6 Å². The Labute approximate surface area is 140 Å². The van der Waals surface area contributed by atoms with Gasteiger partial charge in [0.05, 0.1) is 12.2 Å². The molecule has 1 heterocycles. The third kappa shape index (κ3) is 5.69. The summed E-state index contributed by atoms with van der Waals surface area (Å²) in [5.41, 5.74) is 0. The second-order valence-corrected chi connectivity index (χ2v) is 6.66. The molecule has 22 heavy (non-hydrogen) atoms. The van der Waals surface area contributed by atoms with Gasteiger partial charge in [-0.25, -0.2) is 0 Å². The number of β-amino-alcohol motifs (C(OH)–C–C–N with tert-alkyl or cyclic N) is 1. The van der Waals surface area contributed by atoms with Crippen molar-refractivity contribution in [3.63, 3.8) is 0 Å². The number of hydrogen-bond acceptors (Lipinski definition) is 4. The number of hydrogen-bond donors (Lipinski definition) is 3. The van der Waals surface area contributed by atoms with Gasteiger partial charge in [-0.05, 0) is 25.2 Å². The third-order valence-electron chi connectivity index (χ3n) is 4.75. The van der Waals surface area contributed by atoms with Crippen LogP contribution in [0.5, 0.6) is 0 Å². The van der Waals surface area contributed by atoms with Crippen molar-refractivity contribution in [2.75, 3.05) is 19.6 Å². The Kier molecular flexibility index (Phi) is 8.69. The average molecular weight is 335 g/mol. The average Bonchev–Trinajstić information content (AvgIpc) is 2.87. The summed E-state index contributed by atoms with van der Waals surface area (Å²) in [7, 11) is 0. The second kappa shape index (κ2) is 9.71. The molecule has 3 N–H and O–H groups in total. The van der Waals surface area contributed by atoms with Gasteiger partial charge in [0, 0.05) is 25.6 Å². The zero-order chi connectivity index (χ0) is 15.2. The normalized spacial score (nSPS) is 33.0. The van der Waals surface area contributed by atoms with E-state index in [1.807, 2.05) is 6.92 Å². The molecular formula is C16H31ClN2O3. The molecule has 0 bridgehead atoms. The monoisotopic (exact) mass is 334 g/mol. The Morgan fingerprint density at radius 3 is 2.77 bits per heavy atom. The zero-order valence-corrected chi connectivity index (χ0v) is 14.5. The van der Waals surface area contributed by atoms with Crippen LogP contribution in [0, 0.1) is 11.8 Å². The molecule has 1 aliphatic heterocycles. The van der Waals surface area contributed by atoms with Crippen LogP contribution in [0.4, 0.5) is 0 Å². The minimum atomic E-state index is -0.356. The van der Waals surface area contributed by atoms with Crippen LogP contribution in [-0.2, 0) is 9.53 Å². The van der Waals surface area contributed by atoms with Crippen molar-refractivity contribution in [1.82, 2.24) is 10.6 Å². The molecular weight excluding hydrogens is 304 g/mol. The Morgan fingerprint density at radius 1 is 1.41 bits per heavy atom. The van der Waals surface area contributed by atoms with Gasteiger partial charge in [0.2, 0.25) is 5.91 Å². The van der Waals surface area contributed by atoms with Gasteiger partial charge in [0.15, 0.2) is 0 Å². The Hall–Kier alpha value is -0.360. The van der Waals surface area contributed by atoms with E-state index < -0.39 is 0 Å². The van der Waals surface area contributed by atoms with E-state index in [1.165, 1.54) is 12.8 Å². The molecule has 1 saturated carbocycles. The number of aliphatic hydroxyl groups excluding tert-OH is 1. The lowest BCUT2D eigenvalue weighted by Crippen LogP contribution is -2.42. The Balaban J connectivity index is 0.00000242. The van der Waals surface area contributed by atoms with Gasteiger partial charge in [0.1, 0.15) is 6.10 Å². The minimum absolute atomic E-state index is 0. The van der Waals surface area contributed by atoms with Gasteiger partial charge in [-0.15, -0.1) is 12.4 Å². The number of rotatable bonds is 6. The predicted molar refractivity (Wildman–Crippen MR) is 89.2 cm³/mol. The van der Waals surface area contributed by atoms with E-state index in [4.69, 9.17) is 4.74 Å². The molecule has 0 aromatic carbocycles. The summed E-state index contributed by atoms with van der Waals surface area (Å²) in [5.74, 6) is 0.778. The number of ether oxygens (including phenoxy) is 1. The maximum atomic E-state index is 12.3. The molecule has 1 amide bonds. The minimum Gasteiger partial charge on any atom is -0.391 e. The van der Waals surface area contributed by atoms with E-state index in [9.17, 15) is 9.90 Å². The van der Waals surface area contributed by atoms with Crippen LogP contribution >= 0.6 is 12.4 Å². The van der Waals surface area contributed by atoms with Crippen LogP contribution in [-0.4, -0.2) is 49.0 Å². The van der Waals surface area contributed by atoms with Gasteiger partial charge >= 0.3 is 0 Å². The van der Waals surface area contributed by atoms with E-state index in [1.54, 1.807) is 0 Å². The SMILES string of the molecule is CCC(OC1CCCC(C)C1)C(=O)NCC1CNCC1O.Cl. The van der Waals surface area contributed by atoms with Crippen molar-refractivity contribution in [1.29, 1.82) is 0 Å². The highest BCUT2D eigenvalue weighted by Gasteiger charge is 2.28. The fraction of sp³-hybridized carbons (Fsp3) is 0.938. The summed E-state index contributed by atoms with van der Waals surface area (Å²) in [6.07, 6.45) is 4.82. The lowest BCUT2D eigenvalue weighted by molar-refractivity contribution is -0.139. The first kappa shape index (κ1) is 19.7. The second-order valence-electron chi connectivity index (χ2n) is 6.66. The molecule has 6 heteroatoms. The lowest BCUT2D eigenvalue weighted by atomic mass is 9.88. The Bertz CT molecular complexity index is 343. The fourth-order valence-corrected chi connectivity index (χ4v) is 3.35. The molecule has 0 spiro atoms. The fourth-order valence-electron chi connectivity index (χ4n) is 3.35. The topological polar surface area (TPSA) is 70.6 Å². The largest absolute Gasteiger partial charge is 0.391 e. The van der Waals surface area contributed by atoms with Gasteiger partial charge in [-0.1, -0.05) is 26.7 Å². The summed E-state index contributed by atoms with van der Waals surface area (Å²) in [6.45, 7) is 6.15. The van der Waals surface area contributed by atoms with Gasteiger partial charge in [-0.2, -0.15) is 0 Å². The van der Waals surface area contributed by atoms with Crippen molar-refractivity contribution >= 4 is 18.3 Å². The van der Waals surface area contributed by atoms with E-state index in [-0.39, 0.29) is 42.5 Å². The molecule has 0 aromatic heterocycles. The standard InChI is InChI=1S/C16H30N2O3.ClH/c1-3-15(21-13-6-4-5-11(2)7-13)16(20)18-9-12-8-17-10-14(12)19;/h11-15,17,19H,3-10H2,1-2H3,(H,18,20);1H. The quantitative estimate of drug-likeness (QED) is 0.688. The summed E-state index contributed by atoms with van der Waals surface area (Å²) < 4.78 is 6.02. The molecule has 2 aliphatic rings. The highest BCUT2D eigenvalue weighted by molar-refractivity contribution is 5.85. The predicted octanol–water partition coefficient (Wildman–Crippen LogP) is 1.48. The third-order valence-corrected chi connectivity index (χ3v) is 4.75. The number of carbonyl (C=O) groups excluding carboxylic acids is 1. The lowest BCUT2D eigenvalue weighted by Gasteiger charge is -2.30. The van der Waals surface area contributed by atoms with Crippen molar-refractivity contribution < 1.29 is 14.6 Å². The maximum absolute atomic E-state index is 12.3. The van der Waals surface area contributed by atoms with E-state index in [0.29, 0.717) is 25.4 Å². The van der Waals surface area contributed by atoms with Crippen molar-refractivity contribution in [2.24, 2.45) is 11.8 Å². The summed E-state index contributed by atoms with van der Waals surface area (Å²) in [5, 5.41) is 15.8. The van der Waals surface area contributed by atoms with Gasteiger partial charge in [0.25, 0.3) is 0 Å². The molecule has 2 rings (SSSR count). The first-order valence-corrected chi connectivity index (χ1v) is 8.42. The summed E-state index contributed by atoms with van der Waals surface area (Å²) in [6, 6.07) is 0. The Morgan fingerprint density at radius 2 is 2.18 bits per heavy atom. The smallest absolute Gasteiger partial charge is 0.249 e. The molecule has 1 aliphatic carbocycles. The van der Waals surface area contributed by atoms with E-state index >= 15 is 0 Å². The number of carbonyl (C=O) groups is 1. The maximum Gasteiger partial charge on any atom is 0.249 e. The van der Waals surface area contributed by atoms with Crippen LogP contribution in [0.3, 0.4) is 0 Å². The highest BCUT2D eigenvalue weighted by Crippen LogP contribution is 2.27. The molecule has 0 aromatic rings. The molecule has 0 radical (unpaired) electrons. The van der Waals surface area contributed by atoms with Crippen molar-refractivity contribution in [2.45, 2.75) is 64.3 Å². The molecule has 5 atom stereocenters. The molecule has 1 saturated heterocycles. The van der Waals surface area contributed by atoms with Crippen LogP contribution in [0.2, 0.25) is 0 Å². The summed E-state index contributed by atoms with van der Waals surface area (Å²) >= 11 is 0. The molecule has 130 valence electrons. The molecule has 5 unspecified atom stereocenters. The summed E-state index contributed by atoms with van der Waals surface area (Å²) in [4.78, 5) is 12.3.